The zero-order chi connectivity index (χ0) is 18.0. The van der Waals surface area contributed by atoms with Crippen LogP contribution in [0.5, 0.6) is 0 Å². The average Bonchev–Trinajstić information content (AvgIpc) is 2.85. The standard InChI is InChI=1S/C17H19N3O5/c1-25-14(22)9-18-13(21)10-20-15(23)17(19-16(20)24)8-4-6-11-5-2-3-7-12(11)17/h2-3,5,7H,4,6,8-10H2,1H3,(H,18,21)(H,19,24). The molecular formula is C17H19N3O5. The second-order valence-corrected chi connectivity index (χ2v) is 6.09. The minimum atomic E-state index is -1.10. The number of urea groups is 1. The van der Waals surface area contributed by atoms with E-state index in [2.05, 4.69) is 15.4 Å². The van der Waals surface area contributed by atoms with E-state index in [1.165, 1.54) is 7.11 Å². The highest BCUT2D eigenvalue weighted by molar-refractivity contribution is 6.09. The summed E-state index contributed by atoms with van der Waals surface area (Å²) in [6.45, 7) is -0.751. The predicted octanol–water partition coefficient (Wildman–Crippen LogP) is 0.0592. The van der Waals surface area contributed by atoms with Gasteiger partial charge in [-0.05, 0) is 30.4 Å². The largest absolute Gasteiger partial charge is 0.468 e. The molecule has 3 rings (SSSR count). The minimum Gasteiger partial charge on any atom is -0.468 e. The summed E-state index contributed by atoms with van der Waals surface area (Å²) in [4.78, 5) is 49.2. The Bertz CT molecular complexity index is 748. The van der Waals surface area contributed by atoms with Gasteiger partial charge in [0.15, 0.2) is 0 Å². The third-order valence-electron chi connectivity index (χ3n) is 4.61. The third-order valence-corrected chi connectivity index (χ3v) is 4.61. The number of hydrogen-bond donors (Lipinski definition) is 2. The van der Waals surface area contributed by atoms with Gasteiger partial charge in [0.05, 0.1) is 7.11 Å². The molecule has 2 N–H and O–H groups in total. The van der Waals surface area contributed by atoms with Gasteiger partial charge < -0.3 is 15.4 Å². The van der Waals surface area contributed by atoms with Crippen molar-refractivity contribution < 1.29 is 23.9 Å². The Balaban J connectivity index is 1.77. The van der Waals surface area contributed by atoms with Crippen molar-refractivity contribution >= 4 is 23.8 Å². The van der Waals surface area contributed by atoms with Crippen molar-refractivity contribution in [2.75, 3.05) is 20.2 Å². The Morgan fingerprint density at radius 1 is 1.32 bits per heavy atom. The number of carbonyl (C=O) groups excluding carboxylic acids is 4. The number of fused-ring (bicyclic) bond motifs is 2. The van der Waals surface area contributed by atoms with Crippen LogP contribution in [-0.2, 0) is 31.1 Å². The van der Waals surface area contributed by atoms with E-state index in [0.717, 1.165) is 28.9 Å². The van der Waals surface area contributed by atoms with Crippen LogP contribution >= 0.6 is 0 Å². The first-order chi connectivity index (χ1) is 12.0. The molecule has 0 radical (unpaired) electrons. The molecule has 1 heterocycles. The lowest BCUT2D eigenvalue weighted by Crippen LogP contribution is -2.47. The van der Waals surface area contributed by atoms with E-state index in [4.69, 9.17) is 0 Å². The first kappa shape index (κ1) is 16.9. The van der Waals surface area contributed by atoms with Crippen LogP contribution in [0.25, 0.3) is 0 Å². The van der Waals surface area contributed by atoms with Crippen LogP contribution in [-0.4, -0.2) is 48.9 Å². The highest BCUT2D eigenvalue weighted by Crippen LogP contribution is 2.39. The Labute approximate surface area is 144 Å². The molecule has 8 nitrogen and oxygen atoms in total. The Morgan fingerprint density at radius 2 is 2.08 bits per heavy atom. The number of esters is 1. The van der Waals surface area contributed by atoms with Gasteiger partial charge in [-0.3, -0.25) is 19.3 Å². The molecule has 1 aromatic carbocycles. The minimum absolute atomic E-state index is 0.313. The van der Waals surface area contributed by atoms with Crippen molar-refractivity contribution in [3.63, 3.8) is 0 Å². The maximum absolute atomic E-state index is 13.0. The summed E-state index contributed by atoms with van der Waals surface area (Å²) in [6.07, 6.45) is 2.11. The van der Waals surface area contributed by atoms with Crippen molar-refractivity contribution in [2.24, 2.45) is 0 Å². The van der Waals surface area contributed by atoms with Gasteiger partial charge in [-0.15, -0.1) is 0 Å². The Morgan fingerprint density at radius 3 is 2.84 bits per heavy atom. The van der Waals surface area contributed by atoms with Gasteiger partial charge >= 0.3 is 12.0 Å². The monoisotopic (exact) mass is 345 g/mol. The number of rotatable bonds is 4. The van der Waals surface area contributed by atoms with Crippen LogP contribution in [0.2, 0.25) is 0 Å². The van der Waals surface area contributed by atoms with Gasteiger partial charge in [-0.1, -0.05) is 24.3 Å². The second-order valence-electron chi connectivity index (χ2n) is 6.09. The maximum atomic E-state index is 13.0. The smallest absolute Gasteiger partial charge is 0.325 e. The van der Waals surface area contributed by atoms with Gasteiger partial charge in [0.25, 0.3) is 5.91 Å². The average molecular weight is 345 g/mol. The quantitative estimate of drug-likeness (QED) is 0.593. The summed E-state index contributed by atoms with van der Waals surface area (Å²) in [6, 6.07) is 6.92. The molecule has 25 heavy (non-hydrogen) atoms. The molecule has 0 saturated carbocycles. The normalized spacial score (nSPS) is 21.7. The molecule has 1 aliphatic carbocycles. The van der Waals surface area contributed by atoms with Gasteiger partial charge in [0.1, 0.15) is 18.6 Å². The molecular weight excluding hydrogens is 326 g/mol. The fourth-order valence-corrected chi connectivity index (χ4v) is 3.40. The van der Waals surface area contributed by atoms with Crippen molar-refractivity contribution in [3.8, 4) is 0 Å². The number of nitrogens with one attached hydrogen (secondary N) is 2. The molecule has 1 spiro atoms. The van der Waals surface area contributed by atoms with Gasteiger partial charge in [-0.2, -0.15) is 0 Å². The second kappa shape index (κ2) is 6.54. The molecule has 1 atom stereocenters. The van der Waals surface area contributed by atoms with Crippen LogP contribution in [0.15, 0.2) is 24.3 Å². The van der Waals surface area contributed by atoms with E-state index in [9.17, 15) is 19.2 Å². The van der Waals surface area contributed by atoms with E-state index in [1.807, 2.05) is 24.3 Å². The Hall–Kier alpha value is -2.90. The molecule has 0 bridgehead atoms. The lowest BCUT2D eigenvalue weighted by molar-refractivity contribution is -0.141. The van der Waals surface area contributed by atoms with E-state index < -0.39 is 35.9 Å². The van der Waals surface area contributed by atoms with E-state index >= 15 is 0 Å². The van der Waals surface area contributed by atoms with Crippen molar-refractivity contribution in [1.82, 2.24) is 15.5 Å². The SMILES string of the molecule is COC(=O)CNC(=O)CN1C(=O)NC2(CCCc3ccccc32)C1=O. The summed E-state index contributed by atoms with van der Waals surface area (Å²) in [5, 5.41) is 5.10. The third kappa shape index (κ3) is 2.95. The molecule has 1 saturated heterocycles. The summed E-state index contributed by atoms with van der Waals surface area (Å²) in [5.74, 6) is -1.64. The summed E-state index contributed by atoms with van der Waals surface area (Å²) in [5.41, 5.74) is 0.714. The maximum Gasteiger partial charge on any atom is 0.325 e. The number of benzene rings is 1. The highest BCUT2D eigenvalue weighted by Gasteiger charge is 2.54. The molecule has 1 fully saturated rings. The Kier molecular flexibility index (Phi) is 4.43. The summed E-state index contributed by atoms with van der Waals surface area (Å²) in [7, 11) is 1.20. The zero-order valence-electron chi connectivity index (χ0n) is 13.8. The van der Waals surface area contributed by atoms with Crippen LogP contribution < -0.4 is 10.6 Å². The number of nitrogens with zero attached hydrogens (tertiary/aromatic N) is 1. The van der Waals surface area contributed by atoms with Crippen LogP contribution in [0, 0.1) is 0 Å². The van der Waals surface area contributed by atoms with Crippen molar-refractivity contribution in [3.05, 3.63) is 35.4 Å². The molecule has 8 heteroatoms. The molecule has 132 valence electrons. The number of imide groups is 1. The topological polar surface area (TPSA) is 105 Å². The molecule has 1 aromatic rings. The van der Waals surface area contributed by atoms with E-state index in [-0.39, 0.29) is 6.54 Å². The number of methoxy groups -OCH3 is 1. The van der Waals surface area contributed by atoms with Crippen LogP contribution in [0.4, 0.5) is 4.79 Å². The summed E-state index contributed by atoms with van der Waals surface area (Å²) >= 11 is 0. The number of carbonyl (C=O) groups is 4. The predicted molar refractivity (Wildman–Crippen MR) is 86.3 cm³/mol. The summed E-state index contributed by atoms with van der Waals surface area (Å²) < 4.78 is 4.43. The van der Waals surface area contributed by atoms with Crippen molar-refractivity contribution in [1.29, 1.82) is 0 Å². The first-order valence-electron chi connectivity index (χ1n) is 8.04. The number of amides is 4. The zero-order valence-corrected chi connectivity index (χ0v) is 13.8. The molecule has 1 unspecified atom stereocenters. The molecule has 4 amide bonds. The first-order valence-corrected chi connectivity index (χ1v) is 8.04. The van der Waals surface area contributed by atoms with E-state index in [1.54, 1.807) is 0 Å². The van der Waals surface area contributed by atoms with Gasteiger partial charge in [0, 0.05) is 0 Å². The lowest BCUT2D eigenvalue weighted by Gasteiger charge is -2.33. The fraction of sp³-hybridized carbons (Fsp3) is 0.412. The highest BCUT2D eigenvalue weighted by atomic mass is 16.5. The van der Waals surface area contributed by atoms with Gasteiger partial charge in [0.2, 0.25) is 5.91 Å². The number of hydrogen-bond acceptors (Lipinski definition) is 5. The number of ether oxygens (including phenoxy) is 1. The van der Waals surface area contributed by atoms with Crippen molar-refractivity contribution in [2.45, 2.75) is 24.8 Å². The molecule has 2 aliphatic rings. The van der Waals surface area contributed by atoms with Crippen LogP contribution in [0.1, 0.15) is 24.0 Å². The molecule has 1 aliphatic heterocycles. The molecule has 0 aromatic heterocycles. The van der Waals surface area contributed by atoms with Crippen LogP contribution in [0.3, 0.4) is 0 Å². The van der Waals surface area contributed by atoms with E-state index in [0.29, 0.717) is 6.42 Å². The lowest BCUT2D eigenvalue weighted by atomic mass is 9.76. The van der Waals surface area contributed by atoms with Gasteiger partial charge in [-0.25, -0.2) is 4.79 Å². The number of aryl methyl sites for hydroxylation is 1. The fourth-order valence-electron chi connectivity index (χ4n) is 3.40.